The lowest BCUT2D eigenvalue weighted by atomic mass is 9.78. The van der Waals surface area contributed by atoms with E-state index in [1.165, 1.54) is 0 Å². The number of aliphatic carboxylic acids is 1. The maximum Gasteiger partial charge on any atom is 0.307 e. The van der Waals surface area contributed by atoms with E-state index in [-0.39, 0.29) is 5.91 Å². The standard InChI is InChI=1S/C15H18BrNO3/c1-9-6-7-10(16)8-13(9)17-14(18)11-4-2-3-5-12(11)15(19)20/h6-8,11-12H,2-5H2,1H3,(H,17,18)(H,19,20). The van der Waals surface area contributed by atoms with Crippen LogP contribution in [0.15, 0.2) is 22.7 Å². The van der Waals surface area contributed by atoms with Crippen molar-refractivity contribution in [2.24, 2.45) is 11.8 Å². The third kappa shape index (κ3) is 3.39. The zero-order valence-electron chi connectivity index (χ0n) is 11.4. The van der Waals surface area contributed by atoms with E-state index in [1.807, 2.05) is 25.1 Å². The molecule has 1 amide bonds. The van der Waals surface area contributed by atoms with Gasteiger partial charge in [0.05, 0.1) is 11.8 Å². The van der Waals surface area contributed by atoms with E-state index in [0.29, 0.717) is 12.8 Å². The Labute approximate surface area is 126 Å². The molecular weight excluding hydrogens is 322 g/mol. The van der Waals surface area contributed by atoms with E-state index >= 15 is 0 Å². The van der Waals surface area contributed by atoms with Crippen molar-refractivity contribution < 1.29 is 14.7 Å². The summed E-state index contributed by atoms with van der Waals surface area (Å²) in [6, 6.07) is 5.66. The fraction of sp³-hybridized carbons (Fsp3) is 0.467. The molecule has 20 heavy (non-hydrogen) atoms. The average molecular weight is 340 g/mol. The molecule has 1 aliphatic rings. The van der Waals surface area contributed by atoms with Gasteiger partial charge < -0.3 is 10.4 Å². The highest BCUT2D eigenvalue weighted by Crippen LogP contribution is 2.32. The molecule has 0 aliphatic heterocycles. The predicted molar refractivity (Wildman–Crippen MR) is 80.6 cm³/mol. The number of benzene rings is 1. The van der Waals surface area contributed by atoms with E-state index in [0.717, 1.165) is 28.6 Å². The van der Waals surface area contributed by atoms with Gasteiger partial charge in [-0.2, -0.15) is 0 Å². The Balaban J connectivity index is 2.14. The first-order valence-electron chi connectivity index (χ1n) is 6.79. The van der Waals surface area contributed by atoms with Gasteiger partial charge in [0.1, 0.15) is 0 Å². The van der Waals surface area contributed by atoms with Crippen molar-refractivity contribution in [3.63, 3.8) is 0 Å². The van der Waals surface area contributed by atoms with Gasteiger partial charge in [0.25, 0.3) is 0 Å². The quantitative estimate of drug-likeness (QED) is 0.884. The van der Waals surface area contributed by atoms with Crippen LogP contribution in [0.4, 0.5) is 5.69 Å². The number of nitrogens with one attached hydrogen (secondary N) is 1. The second-order valence-corrected chi connectivity index (χ2v) is 6.20. The van der Waals surface area contributed by atoms with E-state index in [1.54, 1.807) is 0 Å². The van der Waals surface area contributed by atoms with Gasteiger partial charge in [0, 0.05) is 10.2 Å². The molecular formula is C15H18BrNO3. The van der Waals surface area contributed by atoms with E-state index in [4.69, 9.17) is 0 Å². The van der Waals surface area contributed by atoms with Crippen LogP contribution < -0.4 is 5.32 Å². The number of hydrogen-bond acceptors (Lipinski definition) is 2. The minimum atomic E-state index is -0.865. The van der Waals surface area contributed by atoms with E-state index in [9.17, 15) is 14.7 Å². The molecule has 0 saturated heterocycles. The second kappa shape index (κ2) is 6.39. The van der Waals surface area contributed by atoms with E-state index in [2.05, 4.69) is 21.2 Å². The molecule has 2 atom stereocenters. The zero-order chi connectivity index (χ0) is 14.7. The number of anilines is 1. The van der Waals surface area contributed by atoms with Crippen molar-refractivity contribution in [2.75, 3.05) is 5.32 Å². The van der Waals surface area contributed by atoms with Crippen LogP contribution in [-0.2, 0) is 9.59 Å². The van der Waals surface area contributed by atoms with Crippen LogP contribution in [0.3, 0.4) is 0 Å². The summed E-state index contributed by atoms with van der Waals surface area (Å²) in [5.41, 5.74) is 1.70. The SMILES string of the molecule is Cc1ccc(Br)cc1NC(=O)C1CCCCC1C(=O)O. The van der Waals surface area contributed by atoms with Crippen molar-refractivity contribution in [1.82, 2.24) is 0 Å². The third-order valence-electron chi connectivity index (χ3n) is 3.88. The summed E-state index contributed by atoms with van der Waals surface area (Å²) >= 11 is 3.37. The number of amides is 1. The summed E-state index contributed by atoms with van der Waals surface area (Å²) < 4.78 is 0.886. The highest BCUT2D eigenvalue weighted by Gasteiger charge is 2.35. The number of aryl methyl sites for hydroxylation is 1. The minimum Gasteiger partial charge on any atom is -0.481 e. The summed E-state index contributed by atoms with van der Waals surface area (Å²) in [5, 5.41) is 12.1. The monoisotopic (exact) mass is 339 g/mol. The fourth-order valence-corrected chi connectivity index (χ4v) is 3.06. The molecule has 108 valence electrons. The summed E-state index contributed by atoms with van der Waals surface area (Å²) in [5.74, 6) is -2.04. The summed E-state index contributed by atoms with van der Waals surface area (Å²) in [7, 11) is 0. The molecule has 1 aromatic carbocycles. The molecule has 1 aromatic rings. The molecule has 0 spiro atoms. The number of carboxylic acids is 1. The van der Waals surface area contributed by atoms with Crippen molar-refractivity contribution >= 4 is 33.5 Å². The van der Waals surface area contributed by atoms with Gasteiger partial charge in [-0.05, 0) is 37.5 Å². The Bertz CT molecular complexity index is 530. The molecule has 0 aromatic heterocycles. The van der Waals surface area contributed by atoms with Gasteiger partial charge in [-0.3, -0.25) is 9.59 Å². The summed E-state index contributed by atoms with van der Waals surface area (Å²) in [4.78, 5) is 23.6. The van der Waals surface area contributed by atoms with Crippen LogP contribution >= 0.6 is 15.9 Å². The first kappa shape index (κ1) is 15.0. The van der Waals surface area contributed by atoms with Gasteiger partial charge in [0.15, 0.2) is 0 Å². The van der Waals surface area contributed by atoms with Crippen molar-refractivity contribution in [1.29, 1.82) is 0 Å². The van der Waals surface area contributed by atoms with Gasteiger partial charge in [-0.15, -0.1) is 0 Å². The van der Waals surface area contributed by atoms with Crippen LogP contribution in [0.1, 0.15) is 31.2 Å². The van der Waals surface area contributed by atoms with Crippen LogP contribution in [0.25, 0.3) is 0 Å². The second-order valence-electron chi connectivity index (χ2n) is 5.28. The largest absolute Gasteiger partial charge is 0.481 e. The lowest BCUT2D eigenvalue weighted by molar-refractivity contribution is -0.147. The molecule has 4 nitrogen and oxygen atoms in total. The first-order valence-corrected chi connectivity index (χ1v) is 7.58. The normalized spacial score (nSPS) is 22.3. The third-order valence-corrected chi connectivity index (χ3v) is 4.37. The molecule has 1 aliphatic carbocycles. The van der Waals surface area contributed by atoms with Gasteiger partial charge in [0.2, 0.25) is 5.91 Å². The van der Waals surface area contributed by atoms with Gasteiger partial charge >= 0.3 is 5.97 Å². The highest BCUT2D eigenvalue weighted by atomic mass is 79.9. The minimum absolute atomic E-state index is 0.182. The molecule has 1 saturated carbocycles. The van der Waals surface area contributed by atoms with Crippen LogP contribution in [-0.4, -0.2) is 17.0 Å². The summed E-state index contributed by atoms with van der Waals surface area (Å²) in [6.45, 7) is 1.91. The average Bonchev–Trinajstić information content (AvgIpc) is 2.42. The molecule has 2 N–H and O–H groups in total. The Hall–Kier alpha value is -1.36. The summed E-state index contributed by atoms with van der Waals surface area (Å²) in [6.07, 6.45) is 3.04. The molecule has 2 unspecified atom stereocenters. The Morgan fingerprint density at radius 1 is 1.25 bits per heavy atom. The molecule has 5 heteroatoms. The van der Waals surface area contributed by atoms with Crippen molar-refractivity contribution in [2.45, 2.75) is 32.6 Å². The molecule has 2 rings (SSSR count). The van der Waals surface area contributed by atoms with Crippen LogP contribution in [0.5, 0.6) is 0 Å². The Morgan fingerprint density at radius 3 is 2.55 bits per heavy atom. The number of carbonyl (C=O) groups excluding carboxylic acids is 1. The van der Waals surface area contributed by atoms with Gasteiger partial charge in [-0.1, -0.05) is 34.8 Å². The highest BCUT2D eigenvalue weighted by molar-refractivity contribution is 9.10. The number of carbonyl (C=O) groups is 2. The van der Waals surface area contributed by atoms with Crippen LogP contribution in [0, 0.1) is 18.8 Å². The number of hydrogen-bond donors (Lipinski definition) is 2. The molecule has 1 fully saturated rings. The van der Waals surface area contributed by atoms with E-state index < -0.39 is 17.8 Å². The maximum atomic E-state index is 12.4. The Morgan fingerprint density at radius 2 is 1.90 bits per heavy atom. The van der Waals surface area contributed by atoms with Gasteiger partial charge in [-0.25, -0.2) is 0 Å². The van der Waals surface area contributed by atoms with Crippen molar-refractivity contribution in [3.8, 4) is 0 Å². The lowest BCUT2D eigenvalue weighted by Crippen LogP contribution is -2.36. The first-order chi connectivity index (χ1) is 9.49. The number of halogens is 1. The topological polar surface area (TPSA) is 66.4 Å². The van der Waals surface area contributed by atoms with Crippen LogP contribution in [0.2, 0.25) is 0 Å². The molecule has 0 heterocycles. The lowest BCUT2D eigenvalue weighted by Gasteiger charge is -2.27. The molecule has 0 bridgehead atoms. The molecule has 0 radical (unpaired) electrons. The maximum absolute atomic E-state index is 12.4. The number of rotatable bonds is 3. The predicted octanol–water partition coefficient (Wildman–Crippen LogP) is 3.59. The number of carboxylic acid groups (broad SMARTS) is 1. The fourth-order valence-electron chi connectivity index (χ4n) is 2.69. The zero-order valence-corrected chi connectivity index (χ0v) is 12.9. The van der Waals surface area contributed by atoms with Crippen molar-refractivity contribution in [3.05, 3.63) is 28.2 Å². The smallest absolute Gasteiger partial charge is 0.307 e. The Kier molecular flexibility index (Phi) is 4.81.